The predicted octanol–water partition coefficient (Wildman–Crippen LogP) is 3.25. The second kappa shape index (κ2) is 4.64. The lowest BCUT2D eigenvalue weighted by Crippen LogP contribution is -2.04. The van der Waals surface area contributed by atoms with Gasteiger partial charge in [0.2, 0.25) is 0 Å². The minimum absolute atomic E-state index is 0.0557. The van der Waals surface area contributed by atoms with Crippen molar-refractivity contribution in [1.82, 2.24) is 4.98 Å². The molecule has 0 bridgehead atoms. The molecule has 1 aliphatic heterocycles. The maximum atomic E-state index is 12.2. The topological polar surface area (TPSA) is 63.3 Å². The van der Waals surface area contributed by atoms with Gasteiger partial charge in [-0.05, 0) is 30.2 Å². The van der Waals surface area contributed by atoms with Gasteiger partial charge in [-0.1, -0.05) is 24.3 Å². The molecule has 22 heavy (non-hydrogen) atoms. The Morgan fingerprint density at radius 2 is 1.91 bits per heavy atom. The highest BCUT2D eigenvalue weighted by Crippen LogP contribution is 2.30. The molecule has 1 N–H and O–H groups in total. The van der Waals surface area contributed by atoms with Crippen molar-refractivity contribution in [3.8, 4) is 11.5 Å². The SMILES string of the molecule is Cc1cc2nc3c4ccccc4c(=O)cc-3oc2cc1CO. The van der Waals surface area contributed by atoms with Gasteiger partial charge in [0, 0.05) is 16.8 Å². The van der Waals surface area contributed by atoms with Crippen molar-refractivity contribution in [2.45, 2.75) is 13.5 Å². The maximum absolute atomic E-state index is 12.2. The summed E-state index contributed by atoms with van der Waals surface area (Å²) in [7, 11) is 0. The molecule has 1 aliphatic carbocycles. The Hall–Kier alpha value is -2.72. The standard InChI is InChI=1S/C18H13NO3/c1-10-6-14-16(7-11(10)9-20)22-17-8-15(21)12-4-2-3-5-13(12)18(17)19-14/h2-8,20H,9H2,1H3. The third kappa shape index (κ3) is 1.81. The third-order valence-electron chi connectivity index (χ3n) is 3.98. The molecule has 2 aromatic carbocycles. The molecule has 0 aromatic heterocycles. The van der Waals surface area contributed by atoms with Gasteiger partial charge in [-0.2, -0.15) is 0 Å². The van der Waals surface area contributed by atoms with E-state index in [-0.39, 0.29) is 12.0 Å². The molecule has 0 saturated heterocycles. The van der Waals surface area contributed by atoms with Gasteiger partial charge >= 0.3 is 0 Å². The monoisotopic (exact) mass is 291 g/mol. The van der Waals surface area contributed by atoms with Crippen molar-refractivity contribution in [2.24, 2.45) is 0 Å². The predicted molar refractivity (Wildman–Crippen MR) is 85.1 cm³/mol. The molecular weight excluding hydrogens is 278 g/mol. The average molecular weight is 291 g/mol. The summed E-state index contributed by atoms with van der Waals surface area (Å²) in [5, 5.41) is 10.8. The Bertz CT molecular complexity index is 1050. The smallest absolute Gasteiger partial charge is 0.190 e. The van der Waals surface area contributed by atoms with E-state index in [1.54, 1.807) is 12.1 Å². The number of hydrogen-bond acceptors (Lipinski definition) is 4. The van der Waals surface area contributed by atoms with Gasteiger partial charge in [0.25, 0.3) is 0 Å². The molecule has 2 aliphatic rings. The van der Waals surface area contributed by atoms with Gasteiger partial charge < -0.3 is 9.52 Å². The molecule has 4 rings (SSSR count). The van der Waals surface area contributed by atoms with Crippen LogP contribution >= 0.6 is 0 Å². The van der Waals surface area contributed by atoms with Gasteiger partial charge in [0.1, 0.15) is 11.2 Å². The minimum atomic E-state index is -0.0810. The van der Waals surface area contributed by atoms with Crippen molar-refractivity contribution in [3.63, 3.8) is 0 Å². The van der Waals surface area contributed by atoms with Crippen LogP contribution in [0.4, 0.5) is 0 Å². The Morgan fingerprint density at radius 1 is 1.14 bits per heavy atom. The fourth-order valence-electron chi connectivity index (χ4n) is 2.79. The van der Waals surface area contributed by atoms with E-state index in [0.717, 1.165) is 16.5 Å². The van der Waals surface area contributed by atoms with E-state index in [1.165, 1.54) is 6.07 Å². The van der Waals surface area contributed by atoms with Crippen LogP contribution in [-0.2, 0) is 6.61 Å². The summed E-state index contributed by atoms with van der Waals surface area (Å²) in [6, 6.07) is 12.5. The van der Waals surface area contributed by atoms with Crippen molar-refractivity contribution in [3.05, 3.63) is 63.8 Å². The lowest BCUT2D eigenvalue weighted by molar-refractivity contribution is 0.281. The Labute approximate surface area is 126 Å². The highest BCUT2D eigenvalue weighted by Gasteiger charge is 2.15. The van der Waals surface area contributed by atoms with Crippen LogP contribution < -0.4 is 5.43 Å². The molecule has 0 saturated carbocycles. The van der Waals surface area contributed by atoms with Crippen LogP contribution in [0, 0.1) is 6.92 Å². The molecule has 0 unspecified atom stereocenters. The largest absolute Gasteiger partial charge is 0.453 e. The third-order valence-corrected chi connectivity index (χ3v) is 3.98. The van der Waals surface area contributed by atoms with Crippen molar-refractivity contribution in [1.29, 1.82) is 0 Å². The summed E-state index contributed by atoms with van der Waals surface area (Å²) in [5.74, 6) is 0.462. The maximum Gasteiger partial charge on any atom is 0.190 e. The van der Waals surface area contributed by atoms with E-state index >= 15 is 0 Å². The second-order valence-corrected chi connectivity index (χ2v) is 5.39. The lowest BCUT2D eigenvalue weighted by atomic mass is 10.0. The first-order chi connectivity index (χ1) is 10.7. The van der Waals surface area contributed by atoms with Crippen LogP contribution in [0.1, 0.15) is 11.1 Å². The molecule has 0 atom stereocenters. The molecule has 0 amide bonds. The zero-order valence-corrected chi connectivity index (χ0v) is 12.0. The van der Waals surface area contributed by atoms with E-state index in [0.29, 0.717) is 27.9 Å². The van der Waals surface area contributed by atoms with Crippen LogP contribution in [0.15, 0.2) is 51.7 Å². The molecule has 0 radical (unpaired) electrons. The number of aromatic nitrogens is 1. The molecule has 0 spiro atoms. The van der Waals surface area contributed by atoms with Crippen molar-refractivity contribution >= 4 is 21.9 Å². The summed E-state index contributed by atoms with van der Waals surface area (Å²) < 4.78 is 5.86. The molecule has 4 heteroatoms. The van der Waals surface area contributed by atoms with Crippen molar-refractivity contribution < 1.29 is 9.52 Å². The highest BCUT2D eigenvalue weighted by molar-refractivity contribution is 5.96. The number of aliphatic hydroxyl groups excluding tert-OH is 1. The first-order valence-corrected chi connectivity index (χ1v) is 7.04. The van der Waals surface area contributed by atoms with E-state index in [2.05, 4.69) is 4.98 Å². The summed E-state index contributed by atoms with van der Waals surface area (Å²) in [4.78, 5) is 16.8. The van der Waals surface area contributed by atoms with Crippen LogP contribution in [-0.4, -0.2) is 10.1 Å². The van der Waals surface area contributed by atoms with Crippen molar-refractivity contribution in [2.75, 3.05) is 0 Å². The number of rotatable bonds is 1. The number of nitrogens with zero attached hydrogens (tertiary/aromatic N) is 1. The van der Waals surface area contributed by atoms with Gasteiger partial charge in [-0.3, -0.25) is 4.79 Å². The summed E-state index contributed by atoms with van der Waals surface area (Å²) in [6.45, 7) is 1.87. The fraction of sp³-hybridized carbons (Fsp3) is 0.111. The number of aryl methyl sites for hydroxylation is 1. The van der Waals surface area contributed by atoms with Gasteiger partial charge in [-0.15, -0.1) is 0 Å². The van der Waals surface area contributed by atoms with Gasteiger partial charge in [0.05, 0.1) is 6.61 Å². The van der Waals surface area contributed by atoms with Gasteiger partial charge in [0.15, 0.2) is 16.8 Å². The lowest BCUT2D eigenvalue weighted by Gasteiger charge is -2.11. The molecule has 0 fully saturated rings. The fourth-order valence-corrected chi connectivity index (χ4v) is 2.79. The second-order valence-electron chi connectivity index (χ2n) is 5.39. The van der Waals surface area contributed by atoms with Crippen LogP contribution in [0.25, 0.3) is 33.3 Å². The normalized spacial score (nSPS) is 11.5. The summed E-state index contributed by atoms with van der Waals surface area (Å²) in [6.07, 6.45) is 0. The quantitative estimate of drug-likeness (QED) is 0.432. The van der Waals surface area contributed by atoms with Crippen LogP contribution in [0.3, 0.4) is 0 Å². The molecule has 1 heterocycles. The number of benzene rings is 3. The average Bonchev–Trinajstić information content (AvgIpc) is 2.53. The molecule has 108 valence electrons. The Kier molecular flexibility index (Phi) is 2.74. The van der Waals surface area contributed by atoms with E-state index in [1.807, 2.05) is 31.2 Å². The Morgan fingerprint density at radius 3 is 2.68 bits per heavy atom. The number of fused-ring (bicyclic) bond motifs is 4. The Balaban J connectivity index is 2.19. The number of hydrogen-bond donors (Lipinski definition) is 1. The highest BCUT2D eigenvalue weighted by atomic mass is 16.3. The van der Waals surface area contributed by atoms with Crippen LogP contribution in [0.5, 0.6) is 0 Å². The van der Waals surface area contributed by atoms with E-state index in [4.69, 9.17) is 4.42 Å². The summed E-state index contributed by atoms with van der Waals surface area (Å²) in [5.41, 5.74) is 3.63. The molecule has 4 nitrogen and oxygen atoms in total. The zero-order valence-electron chi connectivity index (χ0n) is 12.0. The van der Waals surface area contributed by atoms with Gasteiger partial charge in [-0.25, -0.2) is 4.98 Å². The first-order valence-electron chi connectivity index (χ1n) is 7.04. The van der Waals surface area contributed by atoms with E-state index in [9.17, 15) is 9.90 Å². The molecule has 2 aromatic rings. The molecular formula is C18H13NO3. The van der Waals surface area contributed by atoms with E-state index < -0.39 is 0 Å². The zero-order chi connectivity index (χ0) is 15.3. The van der Waals surface area contributed by atoms with Crippen LogP contribution in [0.2, 0.25) is 0 Å². The first kappa shape index (κ1) is 13.0. The minimum Gasteiger partial charge on any atom is -0.453 e. The number of aliphatic hydroxyl groups is 1. The summed E-state index contributed by atoms with van der Waals surface area (Å²) >= 11 is 0.